The van der Waals surface area contributed by atoms with Crippen molar-refractivity contribution < 1.29 is 21.9 Å². The first-order valence-electron chi connectivity index (χ1n) is 13.2. The Hall–Kier alpha value is -3.97. The molecule has 1 saturated heterocycles. The van der Waals surface area contributed by atoms with Gasteiger partial charge in [-0.15, -0.1) is 0 Å². The van der Waals surface area contributed by atoms with Gasteiger partial charge in [0.15, 0.2) is 15.7 Å². The Labute approximate surface area is 244 Å². The highest BCUT2D eigenvalue weighted by molar-refractivity contribution is 7.93. The molecule has 10 nitrogen and oxygen atoms in total. The molecule has 0 bridgehead atoms. The first-order chi connectivity index (χ1) is 20.0. The monoisotopic (exact) mass is 614 g/mol. The molecule has 1 saturated carbocycles. The number of hydrogen-bond donors (Lipinski definition) is 0. The minimum atomic E-state index is -3.10. The quantitative estimate of drug-likeness (QED) is 0.290. The molecule has 1 aliphatic carbocycles. The van der Waals surface area contributed by atoms with Gasteiger partial charge in [0.1, 0.15) is 28.9 Å². The van der Waals surface area contributed by atoms with E-state index in [1.54, 1.807) is 44.4 Å². The van der Waals surface area contributed by atoms with Crippen molar-refractivity contribution in [2.75, 3.05) is 18.0 Å². The van der Waals surface area contributed by atoms with Gasteiger partial charge in [-0.25, -0.2) is 27.2 Å². The average Bonchev–Trinajstić information content (AvgIpc) is 3.78. The van der Waals surface area contributed by atoms with Gasteiger partial charge in [0, 0.05) is 43.3 Å². The van der Waals surface area contributed by atoms with Crippen molar-refractivity contribution in [1.82, 2.24) is 24.5 Å². The fraction of sp³-hybridized carbons (Fsp3) is 0.321. The summed E-state index contributed by atoms with van der Waals surface area (Å²) >= 11 is 6.39. The standard InChI is InChI=1S/C28H25ClF2N6O4S/c1-15-10-33-22(21-5-6-32-28(35-21)36-12-19(13-36)42(39,40)18-3-4-18)9-24(15)37-16(2)7-25(26(29)27(37)38)41-14-23-20(31)8-17(30)11-34-23/h5-11,18-19H,3-4,12-14H2,1-2H3. The van der Waals surface area contributed by atoms with Gasteiger partial charge in [-0.1, -0.05) is 11.6 Å². The molecule has 2 aliphatic rings. The first kappa shape index (κ1) is 28.2. The van der Waals surface area contributed by atoms with Gasteiger partial charge >= 0.3 is 0 Å². The van der Waals surface area contributed by atoms with E-state index in [9.17, 15) is 22.0 Å². The average molecular weight is 615 g/mol. The maximum atomic E-state index is 14.0. The van der Waals surface area contributed by atoms with Gasteiger partial charge in [-0.05, 0) is 44.4 Å². The van der Waals surface area contributed by atoms with Crippen LogP contribution in [0.5, 0.6) is 5.75 Å². The number of pyridine rings is 3. The van der Waals surface area contributed by atoms with E-state index in [1.165, 1.54) is 4.57 Å². The molecule has 0 radical (unpaired) electrons. The molecule has 0 N–H and O–H groups in total. The zero-order chi connectivity index (χ0) is 29.8. The summed E-state index contributed by atoms with van der Waals surface area (Å²) in [4.78, 5) is 32.3. The summed E-state index contributed by atoms with van der Waals surface area (Å²) in [5, 5.41) is -0.833. The second-order valence-electron chi connectivity index (χ2n) is 10.4. The normalized spacial score (nSPS) is 15.5. The van der Waals surface area contributed by atoms with Crippen molar-refractivity contribution in [3.8, 4) is 22.8 Å². The van der Waals surface area contributed by atoms with E-state index in [2.05, 4.69) is 19.9 Å². The summed E-state index contributed by atoms with van der Waals surface area (Å²) in [6.45, 7) is 3.83. The molecule has 2 fully saturated rings. The lowest BCUT2D eigenvalue weighted by molar-refractivity contribution is 0.292. The van der Waals surface area contributed by atoms with Crippen LogP contribution in [0, 0.1) is 25.5 Å². The second kappa shape index (κ2) is 10.7. The maximum absolute atomic E-state index is 14.0. The summed E-state index contributed by atoms with van der Waals surface area (Å²) in [5.41, 5.74) is 1.97. The van der Waals surface area contributed by atoms with E-state index < -0.39 is 32.3 Å². The van der Waals surface area contributed by atoms with E-state index in [-0.39, 0.29) is 28.3 Å². The van der Waals surface area contributed by atoms with Gasteiger partial charge in [-0.3, -0.25) is 19.3 Å². The molecule has 0 aromatic carbocycles. The lowest BCUT2D eigenvalue weighted by Gasteiger charge is -2.38. The van der Waals surface area contributed by atoms with Crippen LogP contribution in [0.1, 0.15) is 29.8 Å². The van der Waals surface area contributed by atoms with Gasteiger partial charge < -0.3 is 9.64 Å². The van der Waals surface area contributed by atoms with E-state index in [1.807, 2.05) is 4.90 Å². The highest BCUT2D eigenvalue weighted by Crippen LogP contribution is 2.35. The number of ether oxygens (including phenoxy) is 1. The number of halogens is 3. The van der Waals surface area contributed by atoms with Crippen LogP contribution in [0.2, 0.25) is 5.02 Å². The van der Waals surface area contributed by atoms with Gasteiger partial charge in [0.05, 0.1) is 33.8 Å². The number of hydrogen-bond acceptors (Lipinski definition) is 9. The molecule has 0 amide bonds. The number of anilines is 1. The van der Waals surface area contributed by atoms with Gasteiger partial charge in [-0.2, -0.15) is 0 Å². The third kappa shape index (κ3) is 5.22. The molecule has 42 heavy (non-hydrogen) atoms. The summed E-state index contributed by atoms with van der Waals surface area (Å²) in [6.07, 6.45) is 5.55. The highest BCUT2D eigenvalue weighted by atomic mass is 35.5. The van der Waals surface area contributed by atoms with Crippen LogP contribution in [0.15, 0.2) is 47.7 Å². The lowest BCUT2D eigenvalue weighted by Crippen LogP contribution is -2.56. The van der Waals surface area contributed by atoms with Crippen LogP contribution in [-0.2, 0) is 16.4 Å². The van der Waals surface area contributed by atoms with E-state index in [4.69, 9.17) is 16.3 Å². The zero-order valence-corrected chi connectivity index (χ0v) is 24.2. The molecule has 0 unspecified atom stereocenters. The predicted octanol–water partition coefficient (Wildman–Crippen LogP) is 3.98. The summed E-state index contributed by atoms with van der Waals surface area (Å²) in [6, 6.07) is 5.64. The van der Waals surface area contributed by atoms with Crippen LogP contribution >= 0.6 is 11.6 Å². The molecule has 218 valence electrons. The Balaban J connectivity index is 1.26. The van der Waals surface area contributed by atoms with Gasteiger partial charge in [0.2, 0.25) is 5.95 Å². The fourth-order valence-corrected chi connectivity index (χ4v) is 7.10. The van der Waals surface area contributed by atoms with Crippen molar-refractivity contribution in [3.63, 3.8) is 0 Å². The third-order valence-electron chi connectivity index (χ3n) is 7.35. The number of aromatic nitrogens is 5. The Morgan fingerprint density at radius 1 is 1.02 bits per heavy atom. The minimum absolute atomic E-state index is 0.0323. The van der Waals surface area contributed by atoms with Crippen molar-refractivity contribution in [1.29, 1.82) is 0 Å². The van der Waals surface area contributed by atoms with E-state index >= 15 is 0 Å². The highest BCUT2D eigenvalue weighted by Gasteiger charge is 2.46. The molecule has 14 heteroatoms. The molecular formula is C28H25ClF2N6O4S. The molecule has 0 spiro atoms. The topological polar surface area (TPSA) is 120 Å². The Bertz CT molecular complexity index is 1880. The SMILES string of the molecule is Cc1cnc(-c2ccnc(N3CC(S(=O)(=O)C4CC4)C3)n2)cc1-n1c(C)cc(OCc2ncc(F)cc2F)c(Cl)c1=O. The van der Waals surface area contributed by atoms with Crippen LogP contribution < -0.4 is 15.2 Å². The molecule has 0 atom stereocenters. The minimum Gasteiger partial charge on any atom is -0.485 e. The predicted molar refractivity (Wildman–Crippen MR) is 152 cm³/mol. The van der Waals surface area contributed by atoms with Crippen molar-refractivity contribution in [2.24, 2.45) is 0 Å². The zero-order valence-electron chi connectivity index (χ0n) is 22.6. The number of aryl methyl sites for hydroxylation is 2. The summed E-state index contributed by atoms with van der Waals surface area (Å²) < 4.78 is 59.2. The van der Waals surface area contributed by atoms with Gasteiger partial charge in [0.25, 0.3) is 5.56 Å². The third-order valence-corrected chi connectivity index (χ3v) is 10.3. The fourth-order valence-electron chi connectivity index (χ4n) is 4.80. The molecule has 1 aliphatic heterocycles. The number of nitrogens with zero attached hydrogens (tertiary/aromatic N) is 6. The Kier molecular flexibility index (Phi) is 7.17. The molecular weight excluding hydrogens is 590 g/mol. The second-order valence-corrected chi connectivity index (χ2v) is 13.3. The summed E-state index contributed by atoms with van der Waals surface area (Å²) in [5.74, 6) is -1.25. The van der Waals surface area contributed by atoms with E-state index in [0.717, 1.165) is 19.0 Å². The largest absolute Gasteiger partial charge is 0.485 e. The maximum Gasteiger partial charge on any atom is 0.277 e. The number of rotatable bonds is 8. The lowest BCUT2D eigenvalue weighted by atomic mass is 10.1. The Morgan fingerprint density at radius 3 is 2.50 bits per heavy atom. The van der Waals surface area contributed by atoms with Crippen molar-refractivity contribution >= 4 is 27.4 Å². The molecule has 4 aromatic heterocycles. The van der Waals surface area contributed by atoms with Crippen LogP contribution in [0.25, 0.3) is 17.1 Å². The van der Waals surface area contributed by atoms with Crippen molar-refractivity contribution in [2.45, 2.75) is 43.8 Å². The van der Waals surface area contributed by atoms with Crippen LogP contribution in [-0.4, -0.2) is 56.5 Å². The van der Waals surface area contributed by atoms with Crippen LogP contribution in [0.3, 0.4) is 0 Å². The molecule has 5 heterocycles. The van der Waals surface area contributed by atoms with E-state index in [0.29, 0.717) is 53.4 Å². The molecule has 4 aromatic rings. The Morgan fingerprint density at radius 2 is 1.79 bits per heavy atom. The van der Waals surface area contributed by atoms with Crippen molar-refractivity contribution in [3.05, 3.63) is 86.8 Å². The molecule has 6 rings (SSSR count). The summed E-state index contributed by atoms with van der Waals surface area (Å²) in [7, 11) is -3.10. The number of sulfone groups is 1. The first-order valence-corrected chi connectivity index (χ1v) is 15.1. The van der Waals surface area contributed by atoms with Crippen LogP contribution in [0.4, 0.5) is 14.7 Å². The smallest absolute Gasteiger partial charge is 0.277 e.